The third-order valence-corrected chi connectivity index (χ3v) is 2.25. The van der Waals surface area contributed by atoms with E-state index in [9.17, 15) is 18.0 Å². The summed E-state index contributed by atoms with van der Waals surface area (Å²) in [5.74, 6) is -2.75. The van der Waals surface area contributed by atoms with E-state index in [4.69, 9.17) is 16.7 Å². The van der Waals surface area contributed by atoms with E-state index in [1.54, 1.807) is 0 Å². The van der Waals surface area contributed by atoms with Crippen LogP contribution < -0.4 is 4.74 Å². The Morgan fingerprint density at radius 1 is 1.47 bits per heavy atom. The van der Waals surface area contributed by atoms with Crippen molar-refractivity contribution in [3.05, 3.63) is 29.1 Å². The summed E-state index contributed by atoms with van der Waals surface area (Å²) in [4.78, 5) is 10.5. The lowest BCUT2D eigenvalue weighted by Gasteiger charge is -2.10. The number of halogens is 4. The van der Waals surface area contributed by atoms with Crippen molar-refractivity contribution in [3.63, 3.8) is 0 Å². The number of hydrogen-bond donors (Lipinski definition) is 1. The number of carboxylic acids is 1. The molecule has 0 spiro atoms. The van der Waals surface area contributed by atoms with E-state index >= 15 is 0 Å². The van der Waals surface area contributed by atoms with Gasteiger partial charge in [0.25, 0.3) is 0 Å². The predicted molar refractivity (Wildman–Crippen MR) is 53.9 cm³/mol. The van der Waals surface area contributed by atoms with Crippen molar-refractivity contribution < 1.29 is 27.8 Å². The monoisotopic (exact) mass is 268 g/mol. The molecule has 0 amide bonds. The topological polar surface area (TPSA) is 46.5 Å². The smallest absolute Gasteiger partial charge is 0.387 e. The Hall–Kier alpha value is -1.43. The minimum atomic E-state index is -3.08. The van der Waals surface area contributed by atoms with Crippen LogP contribution in [0.2, 0.25) is 0 Å². The van der Waals surface area contributed by atoms with Crippen LogP contribution in [0.1, 0.15) is 11.1 Å². The first-order chi connectivity index (χ1) is 7.93. The van der Waals surface area contributed by atoms with E-state index in [2.05, 4.69) is 4.74 Å². The molecule has 7 heteroatoms. The standard InChI is InChI=1S/C10H8ClF3O3/c11-4-5-1-6(17-10(13)14)2-8(12)7(5)3-9(15)16/h1-2,10H,3-4H2,(H,15,16). The van der Waals surface area contributed by atoms with E-state index < -0.39 is 24.8 Å². The van der Waals surface area contributed by atoms with Crippen molar-refractivity contribution in [1.82, 2.24) is 0 Å². The Labute approximate surface area is 99.8 Å². The average molecular weight is 269 g/mol. The van der Waals surface area contributed by atoms with Gasteiger partial charge in [0, 0.05) is 17.5 Å². The second kappa shape index (κ2) is 5.77. The van der Waals surface area contributed by atoms with Crippen LogP contribution >= 0.6 is 11.6 Å². The Kier molecular flexibility index (Phi) is 4.62. The van der Waals surface area contributed by atoms with E-state index in [0.717, 1.165) is 6.07 Å². The van der Waals surface area contributed by atoms with Gasteiger partial charge in [0.2, 0.25) is 0 Å². The van der Waals surface area contributed by atoms with E-state index in [-0.39, 0.29) is 22.8 Å². The number of ether oxygens (including phenoxy) is 1. The zero-order valence-corrected chi connectivity index (χ0v) is 9.18. The molecule has 0 aromatic heterocycles. The van der Waals surface area contributed by atoms with E-state index in [1.807, 2.05) is 0 Å². The number of benzene rings is 1. The Bertz CT molecular complexity index is 424. The molecular formula is C10H8ClF3O3. The summed E-state index contributed by atoms with van der Waals surface area (Å²) in [6, 6.07) is 1.81. The molecule has 1 N–H and O–H groups in total. The molecule has 1 aromatic rings. The van der Waals surface area contributed by atoms with Gasteiger partial charge in [0.05, 0.1) is 6.42 Å². The quantitative estimate of drug-likeness (QED) is 0.835. The molecule has 3 nitrogen and oxygen atoms in total. The highest BCUT2D eigenvalue weighted by Crippen LogP contribution is 2.25. The highest BCUT2D eigenvalue weighted by molar-refractivity contribution is 6.17. The van der Waals surface area contributed by atoms with Crippen molar-refractivity contribution in [2.75, 3.05) is 0 Å². The summed E-state index contributed by atoms with van der Waals surface area (Å²) in [6.07, 6.45) is -0.567. The zero-order chi connectivity index (χ0) is 13.0. The Morgan fingerprint density at radius 3 is 2.59 bits per heavy atom. The highest BCUT2D eigenvalue weighted by atomic mass is 35.5. The fourth-order valence-electron chi connectivity index (χ4n) is 1.31. The molecule has 0 fully saturated rings. The Morgan fingerprint density at radius 2 is 2.12 bits per heavy atom. The van der Waals surface area contributed by atoms with E-state index in [1.165, 1.54) is 0 Å². The van der Waals surface area contributed by atoms with Gasteiger partial charge in [-0.05, 0) is 11.6 Å². The normalized spacial score (nSPS) is 10.6. The Balaban J connectivity index is 3.11. The van der Waals surface area contributed by atoms with Crippen molar-refractivity contribution in [2.45, 2.75) is 18.9 Å². The maximum Gasteiger partial charge on any atom is 0.387 e. The zero-order valence-electron chi connectivity index (χ0n) is 8.42. The van der Waals surface area contributed by atoms with Gasteiger partial charge in [-0.1, -0.05) is 0 Å². The summed E-state index contributed by atoms with van der Waals surface area (Å²) in [6.45, 7) is -3.08. The molecule has 94 valence electrons. The minimum absolute atomic E-state index is 0.115. The average Bonchev–Trinajstić information content (AvgIpc) is 2.20. The number of aliphatic carboxylic acids is 1. The molecule has 0 heterocycles. The summed E-state index contributed by atoms with van der Waals surface area (Å²) >= 11 is 5.49. The molecule has 0 aliphatic heterocycles. The minimum Gasteiger partial charge on any atom is -0.481 e. The fraction of sp³-hybridized carbons (Fsp3) is 0.300. The second-order valence-corrected chi connectivity index (χ2v) is 3.39. The van der Waals surface area contributed by atoms with Crippen LogP contribution in [0.4, 0.5) is 13.2 Å². The first kappa shape index (κ1) is 13.6. The van der Waals surface area contributed by atoms with Gasteiger partial charge in [-0.2, -0.15) is 8.78 Å². The van der Waals surface area contributed by atoms with Crippen LogP contribution in [-0.2, 0) is 17.1 Å². The molecule has 0 radical (unpaired) electrons. The number of carboxylic acid groups (broad SMARTS) is 1. The SMILES string of the molecule is O=C(O)Cc1c(F)cc(OC(F)F)cc1CCl. The van der Waals surface area contributed by atoms with Gasteiger partial charge in [-0.3, -0.25) is 4.79 Å². The predicted octanol–water partition coefficient (Wildman–Crippen LogP) is 2.79. The van der Waals surface area contributed by atoms with Crippen LogP contribution in [0, 0.1) is 5.82 Å². The molecule has 0 aliphatic rings. The highest BCUT2D eigenvalue weighted by Gasteiger charge is 2.15. The molecular weight excluding hydrogens is 261 g/mol. The maximum atomic E-state index is 13.5. The van der Waals surface area contributed by atoms with Gasteiger partial charge in [0.1, 0.15) is 11.6 Å². The van der Waals surface area contributed by atoms with Crippen molar-refractivity contribution >= 4 is 17.6 Å². The van der Waals surface area contributed by atoms with Gasteiger partial charge in [-0.25, -0.2) is 4.39 Å². The lowest BCUT2D eigenvalue weighted by Crippen LogP contribution is -2.08. The van der Waals surface area contributed by atoms with Gasteiger partial charge < -0.3 is 9.84 Å². The molecule has 0 saturated carbocycles. The van der Waals surface area contributed by atoms with Crippen LogP contribution in [0.15, 0.2) is 12.1 Å². The summed E-state index contributed by atoms with van der Waals surface area (Å²) in [5, 5.41) is 8.57. The lowest BCUT2D eigenvalue weighted by molar-refractivity contribution is -0.136. The number of rotatable bonds is 5. The van der Waals surface area contributed by atoms with Gasteiger partial charge in [0.15, 0.2) is 0 Å². The first-order valence-corrected chi connectivity index (χ1v) is 5.01. The summed E-state index contributed by atoms with van der Waals surface area (Å²) < 4.78 is 41.3. The van der Waals surface area contributed by atoms with Crippen LogP contribution in [0.3, 0.4) is 0 Å². The van der Waals surface area contributed by atoms with Crippen LogP contribution in [0.25, 0.3) is 0 Å². The second-order valence-electron chi connectivity index (χ2n) is 3.13. The molecule has 0 saturated heterocycles. The number of carbonyl (C=O) groups is 1. The van der Waals surface area contributed by atoms with Crippen molar-refractivity contribution in [1.29, 1.82) is 0 Å². The fourth-order valence-corrected chi connectivity index (χ4v) is 1.54. The maximum absolute atomic E-state index is 13.5. The lowest BCUT2D eigenvalue weighted by atomic mass is 10.0. The molecule has 0 bridgehead atoms. The number of hydrogen-bond acceptors (Lipinski definition) is 2. The number of alkyl halides is 3. The molecule has 1 rings (SSSR count). The third-order valence-electron chi connectivity index (χ3n) is 1.96. The van der Waals surface area contributed by atoms with Crippen molar-refractivity contribution in [2.24, 2.45) is 0 Å². The van der Waals surface area contributed by atoms with Crippen molar-refractivity contribution in [3.8, 4) is 5.75 Å². The molecule has 17 heavy (non-hydrogen) atoms. The molecule has 0 unspecified atom stereocenters. The van der Waals surface area contributed by atoms with Gasteiger partial charge in [-0.15, -0.1) is 11.6 Å². The van der Waals surface area contributed by atoms with Crippen LogP contribution in [-0.4, -0.2) is 17.7 Å². The first-order valence-electron chi connectivity index (χ1n) is 4.48. The molecule has 1 aromatic carbocycles. The third kappa shape index (κ3) is 3.81. The van der Waals surface area contributed by atoms with E-state index in [0.29, 0.717) is 6.07 Å². The molecule has 0 aliphatic carbocycles. The van der Waals surface area contributed by atoms with Crippen LogP contribution in [0.5, 0.6) is 5.75 Å². The summed E-state index contributed by atoms with van der Waals surface area (Å²) in [7, 11) is 0. The van der Waals surface area contributed by atoms with Gasteiger partial charge >= 0.3 is 12.6 Å². The summed E-state index contributed by atoms with van der Waals surface area (Å²) in [5.41, 5.74) is -0.0150. The largest absolute Gasteiger partial charge is 0.481 e. The molecule has 0 atom stereocenters.